The Morgan fingerprint density at radius 1 is 1.24 bits per heavy atom. The van der Waals surface area contributed by atoms with Crippen LogP contribution in [-0.4, -0.2) is 34.2 Å². The van der Waals surface area contributed by atoms with Crippen molar-refractivity contribution in [2.45, 2.75) is 64.0 Å². The molecule has 0 spiro atoms. The van der Waals surface area contributed by atoms with Crippen LogP contribution < -0.4 is 15.6 Å². The lowest BCUT2D eigenvalue weighted by Crippen LogP contribution is -2.56. The van der Waals surface area contributed by atoms with E-state index in [-0.39, 0.29) is 5.56 Å². The first-order chi connectivity index (χ1) is 13.9. The number of nitrogens with zero attached hydrogens (tertiary/aromatic N) is 1. The largest absolute Gasteiger partial charge is 0.495 e. The maximum absolute atomic E-state index is 13.2. The van der Waals surface area contributed by atoms with E-state index in [1.165, 1.54) is 6.07 Å². The third-order valence-electron chi connectivity index (χ3n) is 5.74. The molecule has 1 aliphatic carbocycles. The molecule has 3 rings (SSSR count). The van der Waals surface area contributed by atoms with Crippen LogP contribution in [0.4, 0.5) is 0 Å². The number of aliphatic carboxylic acids is 1. The summed E-state index contributed by atoms with van der Waals surface area (Å²) in [6.45, 7) is 2.48. The van der Waals surface area contributed by atoms with E-state index in [0.29, 0.717) is 36.0 Å². The van der Waals surface area contributed by atoms with Crippen LogP contribution in [0.3, 0.4) is 0 Å². The summed E-state index contributed by atoms with van der Waals surface area (Å²) >= 11 is 0. The van der Waals surface area contributed by atoms with Crippen molar-refractivity contribution in [1.29, 1.82) is 0 Å². The van der Waals surface area contributed by atoms with Gasteiger partial charge in [0.25, 0.3) is 11.5 Å². The summed E-state index contributed by atoms with van der Waals surface area (Å²) in [6.07, 6.45) is 4.84. The SMILES string of the molecule is CCCCn1c(=O)c(C(=O)NC2(C(=O)O)CCCCC2)cc2cccc(OC)c21. The zero-order valence-corrected chi connectivity index (χ0v) is 17.0. The standard InChI is InChI=1S/C22H28N2O5/c1-3-4-13-24-18-15(9-8-10-17(18)29-2)14-16(20(24)26)19(25)23-22(21(27)28)11-6-5-7-12-22/h8-10,14H,3-7,11-13H2,1-2H3,(H,23,25)(H,27,28). The number of hydrogen-bond acceptors (Lipinski definition) is 4. The van der Waals surface area contributed by atoms with Gasteiger partial charge < -0.3 is 19.7 Å². The van der Waals surface area contributed by atoms with Crippen LogP contribution in [0, 0.1) is 0 Å². The van der Waals surface area contributed by atoms with E-state index >= 15 is 0 Å². The summed E-state index contributed by atoms with van der Waals surface area (Å²) in [5.41, 5.74) is -1.12. The Morgan fingerprint density at radius 3 is 2.59 bits per heavy atom. The van der Waals surface area contributed by atoms with E-state index in [4.69, 9.17) is 4.74 Å². The van der Waals surface area contributed by atoms with Crippen LogP contribution in [0.2, 0.25) is 0 Å². The van der Waals surface area contributed by atoms with Gasteiger partial charge in [-0.1, -0.05) is 44.7 Å². The Kier molecular flexibility index (Phi) is 6.25. The third-order valence-corrected chi connectivity index (χ3v) is 5.74. The topological polar surface area (TPSA) is 97.6 Å². The van der Waals surface area contributed by atoms with E-state index < -0.39 is 23.0 Å². The van der Waals surface area contributed by atoms with Crippen molar-refractivity contribution < 1.29 is 19.4 Å². The molecule has 0 aliphatic heterocycles. The zero-order valence-electron chi connectivity index (χ0n) is 17.0. The molecule has 1 aliphatic rings. The fourth-order valence-electron chi connectivity index (χ4n) is 4.10. The highest BCUT2D eigenvalue weighted by Crippen LogP contribution is 2.29. The second-order valence-electron chi connectivity index (χ2n) is 7.67. The Bertz CT molecular complexity index is 973. The fraction of sp³-hybridized carbons (Fsp3) is 0.500. The lowest BCUT2D eigenvalue weighted by molar-refractivity contribution is -0.145. The Morgan fingerprint density at radius 2 is 1.97 bits per heavy atom. The molecule has 2 aromatic rings. The normalized spacial score (nSPS) is 15.8. The minimum absolute atomic E-state index is 0.0342. The second-order valence-corrected chi connectivity index (χ2v) is 7.67. The van der Waals surface area contributed by atoms with Crippen molar-refractivity contribution in [3.63, 3.8) is 0 Å². The predicted octanol–water partition coefficient (Wildman–Crippen LogP) is 3.33. The maximum atomic E-state index is 13.2. The van der Waals surface area contributed by atoms with E-state index in [2.05, 4.69) is 5.32 Å². The van der Waals surface area contributed by atoms with Crippen LogP contribution in [0.1, 0.15) is 62.2 Å². The number of carboxylic acid groups (broad SMARTS) is 1. The first-order valence-electron chi connectivity index (χ1n) is 10.2. The van der Waals surface area contributed by atoms with Crippen LogP contribution >= 0.6 is 0 Å². The maximum Gasteiger partial charge on any atom is 0.329 e. The molecule has 0 radical (unpaired) electrons. The third kappa shape index (κ3) is 3.99. The van der Waals surface area contributed by atoms with Gasteiger partial charge in [-0.2, -0.15) is 0 Å². The molecule has 1 heterocycles. The van der Waals surface area contributed by atoms with Crippen LogP contribution in [-0.2, 0) is 11.3 Å². The minimum Gasteiger partial charge on any atom is -0.495 e. The monoisotopic (exact) mass is 400 g/mol. The van der Waals surface area contributed by atoms with E-state index in [1.807, 2.05) is 13.0 Å². The average Bonchev–Trinajstić information content (AvgIpc) is 2.72. The summed E-state index contributed by atoms with van der Waals surface area (Å²) < 4.78 is 7.00. The van der Waals surface area contributed by atoms with Gasteiger partial charge in [0.2, 0.25) is 0 Å². The summed E-state index contributed by atoms with van der Waals surface area (Å²) in [5, 5.41) is 13.1. The Hall–Kier alpha value is -2.83. The number of rotatable bonds is 7. The lowest BCUT2D eigenvalue weighted by Gasteiger charge is -2.34. The Balaban J connectivity index is 2.09. The smallest absolute Gasteiger partial charge is 0.329 e. The van der Waals surface area contributed by atoms with Crippen LogP contribution in [0.5, 0.6) is 5.75 Å². The summed E-state index contributed by atoms with van der Waals surface area (Å²) in [6, 6.07) is 6.95. The van der Waals surface area contributed by atoms with Crippen molar-refractivity contribution in [2.75, 3.05) is 7.11 Å². The van der Waals surface area contributed by atoms with Crippen molar-refractivity contribution in [1.82, 2.24) is 9.88 Å². The van der Waals surface area contributed by atoms with E-state index in [0.717, 1.165) is 32.1 Å². The highest BCUT2D eigenvalue weighted by atomic mass is 16.5. The van der Waals surface area contributed by atoms with Gasteiger partial charge in [-0.05, 0) is 31.4 Å². The van der Waals surface area contributed by atoms with E-state index in [9.17, 15) is 19.5 Å². The van der Waals surface area contributed by atoms with Gasteiger partial charge in [0, 0.05) is 11.9 Å². The Labute approximate surface area is 169 Å². The van der Waals surface area contributed by atoms with Crippen molar-refractivity contribution >= 4 is 22.8 Å². The highest BCUT2D eigenvalue weighted by molar-refractivity contribution is 6.00. The molecule has 0 unspecified atom stereocenters. The number of para-hydroxylation sites is 1. The van der Waals surface area contributed by atoms with Crippen LogP contribution in [0.15, 0.2) is 29.1 Å². The molecule has 1 fully saturated rings. The van der Waals surface area contributed by atoms with Crippen molar-refractivity contribution in [3.8, 4) is 5.75 Å². The molecule has 7 nitrogen and oxygen atoms in total. The number of aromatic nitrogens is 1. The van der Waals surface area contributed by atoms with E-state index in [1.54, 1.807) is 23.8 Å². The molecular formula is C22H28N2O5. The zero-order chi connectivity index (χ0) is 21.0. The number of benzene rings is 1. The molecular weight excluding hydrogens is 372 g/mol. The number of carboxylic acids is 1. The lowest BCUT2D eigenvalue weighted by atomic mass is 9.81. The number of unbranched alkanes of at least 4 members (excludes halogenated alkanes) is 1. The number of hydrogen-bond donors (Lipinski definition) is 2. The number of fused-ring (bicyclic) bond motifs is 1. The first-order valence-corrected chi connectivity index (χ1v) is 10.2. The molecule has 1 aromatic carbocycles. The molecule has 1 aromatic heterocycles. The van der Waals surface area contributed by atoms with Gasteiger partial charge in [0.05, 0.1) is 12.6 Å². The molecule has 7 heteroatoms. The summed E-state index contributed by atoms with van der Waals surface area (Å²) in [5.74, 6) is -1.11. The summed E-state index contributed by atoms with van der Waals surface area (Å²) in [7, 11) is 1.55. The number of methoxy groups -OCH3 is 1. The minimum atomic E-state index is -1.31. The van der Waals surface area contributed by atoms with Gasteiger partial charge in [-0.25, -0.2) is 4.79 Å². The molecule has 0 atom stereocenters. The number of nitrogens with one attached hydrogen (secondary N) is 1. The van der Waals surface area contributed by atoms with Gasteiger partial charge in [0.15, 0.2) is 0 Å². The molecule has 29 heavy (non-hydrogen) atoms. The molecule has 2 N–H and O–H groups in total. The van der Waals surface area contributed by atoms with Gasteiger partial charge in [0.1, 0.15) is 16.9 Å². The second kappa shape index (κ2) is 8.68. The van der Waals surface area contributed by atoms with Gasteiger partial charge in [-0.15, -0.1) is 0 Å². The fourth-order valence-corrected chi connectivity index (χ4v) is 4.10. The average molecular weight is 400 g/mol. The summed E-state index contributed by atoms with van der Waals surface area (Å²) in [4.78, 5) is 38.2. The van der Waals surface area contributed by atoms with Crippen molar-refractivity contribution in [2.24, 2.45) is 0 Å². The highest BCUT2D eigenvalue weighted by Gasteiger charge is 2.41. The van der Waals surface area contributed by atoms with Gasteiger partial charge in [-0.3, -0.25) is 9.59 Å². The van der Waals surface area contributed by atoms with Crippen molar-refractivity contribution in [3.05, 3.63) is 40.2 Å². The first kappa shape index (κ1) is 20.9. The number of amides is 1. The number of carbonyl (C=O) groups excluding carboxylic acids is 1. The molecule has 156 valence electrons. The number of pyridine rings is 1. The number of ether oxygens (including phenoxy) is 1. The molecule has 0 saturated heterocycles. The predicted molar refractivity (Wildman–Crippen MR) is 111 cm³/mol. The quantitative estimate of drug-likeness (QED) is 0.743. The van der Waals surface area contributed by atoms with Crippen LogP contribution in [0.25, 0.3) is 10.9 Å². The molecule has 1 saturated carbocycles. The molecule has 0 bridgehead atoms. The number of aryl methyl sites for hydroxylation is 1. The number of carbonyl (C=O) groups is 2. The molecule has 1 amide bonds. The van der Waals surface area contributed by atoms with Gasteiger partial charge >= 0.3 is 5.97 Å².